The number of rotatable bonds is 8. The molecule has 1 aliphatic carbocycles. The van der Waals surface area contributed by atoms with Crippen molar-refractivity contribution in [2.45, 2.75) is 45.4 Å². The number of hydrogen-bond acceptors (Lipinski definition) is 6. The number of anilines is 1. The number of aromatic nitrogens is 2. The maximum Gasteiger partial charge on any atom is 0.246 e. The molecule has 2 aromatic rings. The average Bonchev–Trinajstić information content (AvgIpc) is 2.88. The summed E-state index contributed by atoms with van der Waals surface area (Å²) in [5, 5.41) is 0. The molecule has 1 fully saturated rings. The number of amides is 1. The van der Waals surface area contributed by atoms with Crippen LogP contribution in [0, 0.1) is 11.8 Å². The van der Waals surface area contributed by atoms with Crippen molar-refractivity contribution in [3.05, 3.63) is 53.9 Å². The third-order valence-electron chi connectivity index (χ3n) is 6.69. The minimum Gasteiger partial charge on any atom is -0.493 e. The first-order valence-corrected chi connectivity index (χ1v) is 12.0. The van der Waals surface area contributed by atoms with E-state index < -0.39 is 0 Å². The summed E-state index contributed by atoms with van der Waals surface area (Å²) in [5.74, 6) is 2.25. The number of allylic oxidation sites excluding steroid dienone is 2. The molecule has 2 aliphatic rings. The number of aryl methyl sites for hydroxylation is 1. The lowest BCUT2D eigenvalue weighted by Crippen LogP contribution is -2.36. The molecule has 176 valence electrons. The molecular weight excluding hydrogens is 416 g/mol. The molecular formula is C26H34N4O3. The maximum absolute atomic E-state index is 11.9. The molecule has 7 nitrogen and oxygen atoms in total. The lowest BCUT2D eigenvalue weighted by molar-refractivity contribution is -0.135. The van der Waals surface area contributed by atoms with Gasteiger partial charge in [0, 0.05) is 31.4 Å². The van der Waals surface area contributed by atoms with Gasteiger partial charge in [0.25, 0.3) is 0 Å². The van der Waals surface area contributed by atoms with Gasteiger partial charge in [0.1, 0.15) is 5.75 Å². The zero-order valence-electron chi connectivity index (χ0n) is 19.6. The Morgan fingerprint density at radius 1 is 1.12 bits per heavy atom. The van der Waals surface area contributed by atoms with Gasteiger partial charge in [-0.05, 0) is 73.3 Å². The van der Waals surface area contributed by atoms with Crippen LogP contribution in [0.3, 0.4) is 0 Å². The van der Waals surface area contributed by atoms with E-state index >= 15 is 0 Å². The predicted molar refractivity (Wildman–Crippen MR) is 129 cm³/mol. The highest BCUT2D eigenvalue weighted by Crippen LogP contribution is 2.31. The van der Waals surface area contributed by atoms with Gasteiger partial charge in [0.15, 0.2) is 0 Å². The van der Waals surface area contributed by atoms with Crippen LogP contribution in [0.2, 0.25) is 0 Å². The largest absolute Gasteiger partial charge is 0.493 e. The Kier molecular flexibility index (Phi) is 7.94. The number of ether oxygens (including phenoxy) is 1. The number of benzene rings is 1. The number of carbonyl (C=O) groups excluding carboxylic acids is 1. The number of carbonyl (C=O) groups is 1. The molecule has 0 spiro atoms. The molecule has 1 amide bonds. The quantitative estimate of drug-likeness (QED) is 0.608. The van der Waals surface area contributed by atoms with E-state index in [1.807, 2.05) is 12.4 Å². The van der Waals surface area contributed by atoms with Crippen molar-refractivity contribution < 1.29 is 14.4 Å². The predicted octanol–water partition coefficient (Wildman–Crippen LogP) is 4.20. The third-order valence-corrected chi connectivity index (χ3v) is 6.69. The summed E-state index contributed by atoms with van der Waals surface area (Å²) in [6.07, 6.45) is 11.6. The van der Waals surface area contributed by atoms with E-state index in [4.69, 9.17) is 9.57 Å². The normalized spacial score (nSPS) is 19.2. The highest BCUT2D eigenvalue weighted by Gasteiger charge is 2.23. The van der Waals surface area contributed by atoms with E-state index in [1.165, 1.54) is 23.8 Å². The van der Waals surface area contributed by atoms with Crippen LogP contribution in [0.5, 0.6) is 5.75 Å². The van der Waals surface area contributed by atoms with Crippen LogP contribution < -0.4 is 15.1 Å². The molecule has 2 heterocycles. The van der Waals surface area contributed by atoms with Crippen LogP contribution in [0.1, 0.15) is 50.2 Å². The molecule has 0 saturated carbocycles. The zero-order valence-corrected chi connectivity index (χ0v) is 19.6. The van der Waals surface area contributed by atoms with Crippen LogP contribution in [0.4, 0.5) is 5.95 Å². The Labute approximate surface area is 196 Å². The van der Waals surface area contributed by atoms with Crippen molar-refractivity contribution >= 4 is 17.4 Å². The second kappa shape index (κ2) is 11.3. The first-order valence-electron chi connectivity index (χ1n) is 12.0. The standard InChI is InChI=1S/C26H34N4O3/c1-3-19-16-27-26(28-17-19)30-14-12-20(13-15-30)18-33-24-10-8-22(9-11-24)21-4-6-23(7-5-21)25(31)29-32-2/h4,8-11,16-17,20,23H,3,5-7,12-15,18H2,1-2H3,(H,29,31). The van der Waals surface area contributed by atoms with Crippen LogP contribution in [0.15, 0.2) is 42.7 Å². The molecule has 1 N–H and O–H groups in total. The molecule has 0 bridgehead atoms. The van der Waals surface area contributed by atoms with Crippen LogP contribution in [-0.2, 0) is 16.1 Å². The topological polar surface area (TPSA) is 76.6 Å². The Hall–Kier alpha value is -2.93. The van der Waals surface area contributed by atoms with E-state index in [0.29, 0.717) is 5.92 Å². The summed E-state index contributed by atoms with van der Waals surface area (Å²) in [6.45, 7) is 4.79. The minimum atomic E-state index is -0.0377. The van der Waals surface area contributed by atoms with Gasteiger partial charge in [-0.3, -0.25) is 9.63 Å². The fourth-order valence-corrected chi connectivity index (χ4v) is 4.49. The lowest BCUT2D eigenvalue weighted by atomic mass is 9.86. The fourth-order valence-electron chi connectivity index (χ4n) is 4.49. The highest BCUT2D eigenvalue weighted by atomic mass is 16.6. The summed E-state index contributed by atoms with van der Waals surface area (Å²) < 4.78 is 6.10. The van der Waals surface area contributed by atoms with Crippen molar-refractivity contribution in [1.29, 1.82) is 0 Å². The molecule has 1 aromatic heterocycles. The Morgan fingerprint density at radius 3 is 2.45 bits per heavy atom. The van der Waals surface area contributed by atoms with Gasteiger partial charge in [-0.2, -0.15) is 0 Å². The highest BCUT2D eigenvalue weighted by molar-refractivity contribution is 5.79. The van der Waals surface area contributed by atoms with Gasteiger partial charge < -0.3 is 9.64 Å². The molecule has 33 heavy (non-hydrogen) atoms. The summed E-state index contributed by atoms with van der Waals surface area (Å²) in [4.78, 5) is 27.9. The molecule has 1 aromatic carbocycles. The maximum atomic E-state index is 11.9. The van der Waals surface area contributed by atoms with E-state index in [1.54, 1.807) is 0 Å². The average molecular weight is 451 g/mol. The Morgan fingerprint density at radius 2 is 1.85 bits per heavy atom. The van der Waals surface area contributed by atoms with Crippen LogP contribution in [0.25, 0.3) is 5.57 Å². The van der Waals surface area contributed by atoms with Crippen LogP contribution in [-0.4, -0.2) is 42.7 Å². The lowest BCUT2D eigenvalue weighted by Gasteiger charge is -2.31. The van der Waals surface area contributed by atoms with Gasteiger partial charge in [0.05, 0.1) is 13.7 Å². The molecule has 4 rings (SSSR count). The third kappa shape index (κ3) is 6.11. The van der Waals surface area contributed by atoms with E-state index in [2.05, 4.69) is 57.6 Å². The van der Waals surface area contributed by atoms with Crippen molar-refractivity contribution in [2.24, 2.45) is 11.8 Å². The summed E-state index contributed by atoms with van der Waals surface area (Å²) in [5.41, 5.74) is 6.11. The Balaban J connectivity index is 1.22. The number of hydroxylamine groups is 1. The molecule has 1 unspecified atom stereocenters. The zero-order chi connectivity index (χ0) is 23.0. The summed E-state index contributed by atoms with van der Waals surface area (Å²) >= 11 is 0. The number of nitrogens with zero attached hydrogens (tertiary/aromatic N) is 3. The fraction of sp³-hybridized carbons (Fsp3) is 0.500. The van der Waals surface area contributed by atoms with E-state index in [0.717, 1.165) is 69.9 Å². The number of piperidine rings is 1. The van der Waals surface area contributed by atoms with Crippen molar-refractivity contribution in [3.63, 3.8) is 0 Å². The van der Waals surface area contributed by atoms with E-state index in [9.17, 15) is 4.79 Å². The second-order valence-corrected chi connectivity index (χ2v) is 8.88. The summed E-state index contributed by atoms with van der Waals surface area (Å²) in [7, 11) is 1.47. The molecule has 1 saturated heterocycles. The second-order valence-electron chi connectivity index (χ2n) is 8.88. The van der Waals surface area contributed by atoms with Crippen molar-refractivity contribution in [3.8, 4) is 5.75 Å². The van der Waals surface area contributed by atoms with Crippen molar-refractivity contribution in [2.75, 3.05) is 31.7 Å². The van der Waals surface area contributed by atoms with Gasteiger partial charge in [0.2, 0.25) is 11.9 Å². The van der Waals surface area contributed by atoms with Gasteiger partial charge in [-0.15, -0.1) is 0 Å². The molecule has 1 atom stereocenters. The number of nitrogens with one attached hydrogen (secondary N) is 1. The smallest absolute Gasteiger partial charge is 0.246 e. The van der Waals surface area contributed by atoms with Crippen LogP contribution >= 0.6 is 0 Å². The van der Waals surface area contributed by atoms with Crippen molar-refractivity contribution in [1.82, 2.24) is 15.4 Å². The molecule has 1 aliphatic heterocycles. The van der Waals surface area contributed by atoms with Gasteiger partial charge in [-0.1, -0.05) is 25.1 Å². The molecule has 7 heteroatoms. The summed E-state index contributed by atoms with van der Waals surface area (Å²) in [6, 6.07) is 8.35. The van der Waals surface area contributed by atoms with Gasteiger partial charge >= 0.3 is 0 Å². The monoisotopic (exact) mass is 450 g/mol. The van der Waals surface area contributed by atoms with Gasteiger partial charge in [-0.25, -0.2) is 15.4 Å². The SMILES string of the molecule is CCc1cnc(N2CCC(COc3ccc(C4=CCC(C(=O)NOC)CC4)cc3)CC2)nc1. The first-order chi connectivity index (χ1) is 16.2. The minimum absolute atomic E-state index is 0.00927. The van der Waals surface area contributed by atoms with E-state index in [-0.39, 0.29) is 11.8 Å². The Bertz CT molecular complexity index is 935. The first kappa shape index (κ1) is 23.2. The number of hydrogen-bond donors (Lipinski definition) is 1. The molecule has 0 radical (unpaired) electrons.